The zero-order valence-electron chi connectivity index (χ0n) is 17.1. The molecule has 0 aromatic heterocycles. The molecule has 0 aliphatic heterocycles. The van der Waals surface area contributed by atoms with Crippen molar-refractivity contribution in [2.24, 2.45) is 0 Å². The smallest absolute Gasteiger partial charge is 0.328 e. The van der Waals surface area contributed by atoms with Crippen LogP contribution in [0.25, 0.3) is 11.1 Å². The van der Waals surface area contributed by atoms with Gasteiger partial charge in [0.1, 0.15) is 6.04 Å². The molecule has 1 amide bonds. The molecular formula is C25H23NO4S. The van der Waals surface area contributed by atoms with Crippen molar-refractivity contribution in [2.75, 3.05) is 12.9 Å². The summed E-state index contributed by atoms with van der Waals surface area (Å²) in [4.78, 5) is 26.4. The summed E-state index contributed by atoms with van der Waals surface area (Å²) in [5.74, 6) is -1.07. The van der Waals surface area contributed by atoms with Crippen molar-refractivity contribution in [3.63, 3.8) is 0 Å². The van der Waals surface area contributed by atoms with Crippen LogP contribution in [-0.4, -0.2) is 35.0 Å². The van der Waals surface area contributed by atoms with E-state index in [1.165, 1.54) is 7.11 Å². The zero-order chi connectivity index (χ0) is 21.8. The van der Waals surface area contributed by atoms with Crippen molar-refractivity contribution in [1.82, 2.24) is 5.32 Å². The van der Waals surface area contributed by atoms with Gasteiger partial charge in [-0.15, -0.1) is 0 Å². The number of rotatable bonds is 7. The van der Waals surface area contributed by atoms with E-state index < -0.39 is 28.7 Å². The number of fused-ring (bicyclic) bond motifs is 3. The van der Waals surface area contributed by atoms with E-state index in [1.807, 2.05) is 66.7 Å². The molecule has 158 valence electrons. The lowest BCUT2D eigenvalue weighted by Crippen LogP contribution is -2.44. The number of benzene rings is 3. The van der Waals surface area contributed by atoms with E-state index in [2.05, 4.69) is 5.32 Å². The first-order chi connectivity index (χ1) is 15.1. The first-order valence-corrected chi connectivity index (χ1v) is 11.4. The van der Waals surface area contributed by atoms with Gasteiger partial charge in [0, 0.05) is 10.6 Å². The summed E-state index contributed by atoms with van der Waals surface area (Å²) < 4.78 is 17.5. The second-order valence-corrected chi connectivity index (χ2v) is 8.91. The Morgan fingerprint density at radius 3 is 2.03 bits per heavy atom. The molecule has 0 radical (unpaired) electrons. The van der Waals surface area contributed by atoms with Crippen molar-refractivity contribution in [2.45, 2.75) is 23.3 Å². The molecule has 0 saturated carbocycles. The Kier molecular flexibility index (Phi) is 6.28. The third-order valence-corrected chi connectivity index (χ3v) is 6.90. The second-order valence-electron chi connectivity index (χ2n) is 7.34. The van der Waals surface area contributed by atoms with Crippen LogP contribution in [0.15, 0.2) is 83.8 Å². The van der Waals surface area contributed by atoms with Gasteiger partial charge in [-0.3, -0.25) is 9.00 Å². The van der Waals surface area contributed by atoms with Crippen LogP contribution in [0.1, 0.15) is 23.5 Å². The third kappa shape index (κ3) is 4.30. The van der Waals surface area contributed by atoms with E-state index in [1.54, 1.807) is 12.1 Å². The highest BCUT2D eigenvalue weighted by Gasteiger charge is 2.35. The van der Waals surface area contributed by atoms with Crippen LogP contribution in [0.5, 0.6) is 0 Å². The number of amides is 1. The van der Waals surface area contributed by atoms with Crippen LogP contribution in [0, 0.1) is 0 Å². The highest BCUT2D eigenvalue weighted by Crippen LogP contribution is 2.44. The molecule has 3 aromatic carbocycles. The van der Waals surface area contributed by atoms with E-state index >= 15 is 0 Å². The lowest BCUT2D eigenvalue weighted by atomic mass is 9.95. The van der Waals surface area contributed by atoms with Crippen molar-refractivity contribution in [1.29, 1.82) is 0 Å². The van der Waals surface area contributed by atoms with Gasteiger partial charge in [0.15, 0.2) is 0 Å². The molecule has 2 atom stereocenters. The summed E-state index contributed by atoms with van der Waals surface area (Å²) in [6.07, 6.45) is 0.218. The number of hydrogen-bond acceptors (Lipinski definition) is 4. The summed E-state index contributed by atoms with van der Waals surface area (Å²) in [6, 6.07) is 23.8. The highest BCUT2D eigenvalue weighted by atomic mass is 32.2. The number of esters is 1. The van der Waals surface area contributed by atoms with Gasteiger partial charge in [-0.05, 0) is 40.8 Å². The van der Waals surface area contributed by atoms with Crippen LogP contribution < -0.4 is 5.32 Å². The third-order valence-electron chi connectivity index (χ3n) is 5.50. The van der Waals surface area contributed by atoms with E-state index in [-0.39, 0.29) is 18.1 Å². The number of nitrogens with one attached hydrogen (secondary N) is 1. The van der Waals surface area contributed by atoms with Gasteiger partial charge in [0.25, 0.3) is 0 Å². The summed E-state index contributed by atoms with van der Waals surface area (Å²) in [5.41, 5.74) is 3.88. The molecule has 0 bridgehead atoms. The fraction of sp³-hybridized carbons (Fsp3) is 0.200. The maximum atomic E-state index is 13.3. The molecule has 31 heavy (non-hydrogen) atoms. The quantitative estimate of drug-likeness (QED) is 0.578. The molecule has 1 aliphatic carbocycles. The number of carbonyl (C=O) groups excluding carboxylic acids is 2. The number of methoxy groups -OCH3 is 1. The molecule has 1 aliphatic rings. The molecule has 1 N–H and O–H groups in total. The highest BCUT2D eigenvalue weighted by molar-refractivity contribution is 7.85. The molecule has 4 rings (SSSR count). The van der Waals surface area contributed by atoms with Gasteiger partial charge in [-0.1, -0.05) is 66.7 Å². The Morgan fingerprint density at radius 1 is 0.903 bits per heavy atom. The van der Waals surface area contributed by atoms with Crippen molar-refractivity contribution < 1.29 is 18.5 Å². The monoisotopic (exact) mass is 433 g/mol. The van der Waals surface area contributed by atoms with Crippen molar-refractivity contribution in [3.8, 4) is 11.1 Å². The van der Waals surface area contributed by atoms with Gasteiger partial charge in [0.05, 0.1) is 23.8 Å². The Bertz CT molecular complexity index is 1080. The molecule has 0 unspecified atom stereocenters. The predicted molar refractivity (Wildman–Crippen MR) is 120 cm³/mol. The Hall–Kier alpha value is -3.25. The molecule has 0 fully saturated rings. The Morgan fingerprint density at radius 2 is 1.45 bits per heavy atom. The van der Waals surface area contributed by atoms with E-state index in [0.29, 0.717) is 4.90 Å². The van der Waals surface area contributed by atoms with Crippen LogP contribution >= 0.6 is 0 Å². The average molecular weight is 434 g/mol. The lowest BCUT2D eigenvalue weighted by molar-refractivity contribution is -0.145. The number of ether oxygens (including phenoxy) is 1. The minimum absolute atomic E-state index is 0.218. The fourth-order valence-corrected chi connectivity index (χ4v) is 5.15. The van der Waals surface area contributed by atoms with Crippen molar-refractivity contribution in [3.05, 3.63) is 90.0 Å². The maximum absolute atomic E-state index is 13.3. The first kappa shape index (κ1) is 21.0. The molecular weight excluding hydrogens is 410 g/mol. The molecule has 3 aromatic rings. The summed E-state index contributed by atoms with van der Waals surface area (Å²) in [5, 5.41) is 2.85. The molecule has 0 heterocycles. The van der Waals surface area contributed by atoms with E-state index in [9.17, 15) is 13.8 Å². The minimum Gasteiger partial charge on any atom is -0.467 e. The Labute approximate surface area is 183 Å². The summed E-state index contributed by atoms with van der Waals surface area (Å²) in [7, 11) is 0.0167. The Balaban J connectivity index is 1.53. The van der Waals surface area contributed by atoms with Gasteiger partial charge >= 0.3 is 5.97 Å². The lowest BCUT2D eigenvalue weighted by Gasteiger charge is -2.20. The van der Waals surface area contributed by atoms with Crippen LogP contribution in [-0.2, 0) is 25.1 Å². The minimum atomic E-state index is -1.27. The average Bonchev–Trinajstić information content (AvgIpc) is 3.16. The van der Waals surface area contributed by atoms with Gasteiger partial charge in [-0.25, -0.2) is 4.79 Å². The zero-order valence-corrected chi connectivity index (χ0v) is 17.9. The number of hydrogen-bond donors (Lipinski definition) is 1. The van der Waals surface area contributed by atoms with Crippen LogP contribution in [0.4, 0.5) is 0 Å². The molecule has 0 saturated heterocycles. The summed E-state index contributed by atoms with van der Waals surface area (Å²) >= 11 is 0. The molecule has 5 nitrogen and oxygen atoms in total. The van der Waals surface area contributed by atoms with E-state index in [4.69, 9.17) is 4.74 Å². The number of carbonyl (C=O) groups is 2. The van der Waals surface area contributed by atoms with Crippen LogP contribution in [0.3, 0.4) is 0 Å². The topological polar surface area (TPSA) is 72.5 Å². The molecule has 6 heteroatoms. The van der Waals surface area contributed by atoms with Gasteiger partial charge in [-0.2, -0.15) is 0 Å². The van der Waals surface area contributed by atoms with Gasteiger partial charge in [0.2, 0.25) is 5.91 Å². The standard InChI is InChI=1S/C25H23NO4S/c1-30-25(28)22(15-16-31(29)17-9-3-2-4-10-17)26-24(27)23-20-13-7-5-11-18(20)19-12-6-8-14-21(19)23/h2-14,22-23H,15-16H2,1H3,(H,26,27)/t22-,31+/m1/s1. The van der Waals surface area contributed by atoms with Crippen molar-refractivity contribution >= 4 is 22.7 Å². The SMILES string of the molecule is COC(=O)[C@@H](CC[S@](=O)c1ccccc1)NC(=O)C1c2ccccc2-c2ccccc21. The second kappa shape index (κ2) is 9.27. The van der Waals surface area contributed by atoms with E-state index in [0.717, 1.165) is 22.3 Å². The largest absolute Gasteiger partial charge is 0.467 e. The van der Waals surface area contributed by atoms with Crippen LogP contribution in [0.2, 0.25) is 0 Å². The molecule has 0 spiro atoms. The normalized spacial score (nSPS) is 14.2. The van der Waals surface area contributed by atoms with Gasteiger partial charge < -0.3 is 10.1 Å². The summed E-state index contributed by atoms with van der Waals surface area (Å²) in [6.45, 7) is 0. The predicted octanol–water partition coefficient (Wildman–Crippen LogP) is 3.65. The maximum Gasteiger partial charge on any atom is 0.328 e. The first-order valence-electron chi connectivity index (χ1n) is 10.1. The fourth-order valence-electron chi connectivity index (χ4n) is 4.00.